The summed E-state index contributed by atoms with van der Waals surface area (Å²) >= 11 is 0. The van der Waals surface area contributed by atoms with Crippen LogP contribution in [0.2, 0.25) is 0 Å². The van der Waals surface area contributed by atoms with Crippen LogP contribution < -0.4 is 5.32 Å². The van der Waals surface area contributed by atoms with E-state index in [1.165, 1.54) is 37.8 Å². The second-order valence-electron chi connectivity index (χ2n) is 5.79. The number of carbonyl (C=O) groups is 1. The van der Waals surface area contributed by atoms with E-state index in [4.69, 9.17) is 0 Å². The number of unbranched alkanes of at least 4 members (excludes halogenated alkanes) is 1. The van der Waals surface area contributed by atoms with Crippen LogP contribution in [0.5, 0.6) is 0 Å². The lowest BCUT2D eigenvalue weighted by Crippen LogP contribution is -2.28. The van der Waals surface area contributed by atoms with E-state index in [0.717, 1.165) is 31.4 Å². The summed E-state index contributed by atoms with van der Waals surface area (Å²) in [6.45, 7) is 0.858. The molecule has 0 aromatic heterocycles. The fourth-order valence-electron chi connectivity index (χ4n) is 2.83. The summed E-state index contributed by atoms with van der Waals surface area (Å²) < 4.78 is 12.7. The average Bonchev–Trinajstić information content (AvgIpc) is 2.96. The Balaban J connectivity index is 1.53. The van der Waals surface area contributed by atoms with Gasteiger partial charge in [-0.3, -0.25) is 4.79 Å². The zero-order chi connectivity index (χ0) is 14.2. The van der Waals surface area contributed by atoms with E-state index in [9.17, 15) is 9.18 Å². The van der Waals surface area contributed by atoms with Crippen molar-refractivity contribution in [3.63, 3.8) is 0 Å². The molecule has 1 aromatic rings. The van der Waals surface area contributed by atoms with Gasteiger partial charge in [0, 0.05) is 13.0 Å². The Kier molecular flexibility index (Phi) is 6.03. The zero-order valence-corrected chi connectivity index (χ0v) is 12.0. The maximum absolute atomic E-state index is 12.7. The lowest BCUT2D eigenvalue weighted by atomic mass is 10.1. The lowest BCUT2D eigenvalue weighted by molar-refractivity contribution is -0.121. The minimum Gasteiger partial charge on any atom is -0.356 e. The third-order valence-electron chi connectivity index (χ3n) is 4.10. The van der Waals surface area contributed by atoms with Gasteiger partial charge in [0.15, 0.2) is 0 Å². The Morgan fingerprint density at radius 3 is 2.55 bits per heavy atom. The van der Waals surface area contributed by atoms with Crippen LogP contribution in [0.25, 0.3) is 0 Å². The molecule has 0 bridgehead atoms. The first-order valence-electron chi connectivity index (χ1n) is 7.75. The summed E-state index contributed by atoms with van der Waals surface area (Å²) in [5.74, 6) is 0.689. The molecular weight excluding hydrogens is 253 g/mol. The number of halogens is 1. The number of carbonyl (C=O) groups excluding carboxylic acids is 1. The minimum absolute atomic E-state index is 0.177. The van der Waals surface area contributed by atoms with Crippen LogP contribution in [0.1, 0.15) is 50.5 Å². The molecule has 0 radical (unpaired) electrons. The topological polar surface area (TPSA) is 29.1 Å². The molecule has 1 amide bonds. The van der Waals surface area contributed by atoms with Crippen molar-refractivity contribution in [1.29, 1.82) is 0 Å². The van der Waals surface area contributed by atoms with Crippen molar-refractivity contribution in [2.24, 2.45) is 5.92 Å². The van der Waals surface area contributed by atoms with Gasteiger partial charge < -0.3 is 5.32 Å². The average molecular weight is 277 g/mol. The summed E-state index contributed by atoms with van der Waals surface area (Å²) in [6.07, 6.45) is 8.56. The summed E-state index contributed by atoms with van der Waals surface area (Å²) in [7, 11) is 0. The molecule has 1 fully saturated rings. The maximum atomic E-state index is 12.7. The highest BCUT2D eigenvalue weighted by Crippen LogP contribution is 2.23. The number of hydrogen-bond acceptors (Lipinski definition) is 1. The highest BCUT2D eigenvalue weighted by Gasteiger charge is 2.15. The normalized spacial score (nSPS) is 15.4. The molecule has 110 valence electrons. The molecule has 0 heterocycles. The van der Waals surface area contributed by atoms with Crippen molar-refractivity contribution in [3.8, 4) is 0 Å². The Labute approximate surface area is 120 Å². The van der Waals surface area contributed by atoms with Gasteiger partial charge in [-0.15, -0.1) is 0 Å². The summed E-state index contributed by atoms with van der Waals surface area (Å²) in [5.41, 5.74) is 1.14. The molecular formula is C17H24FNO. The van der Waals surface area contributed by atoms with E-state index in [-0.39, 0.29) is 11.7 Å². The third-order valence-corrected chi connectivity index (χ3v) is 4.10. The molecule has 1 aliphatic carbocycles. The van der Waals surface area contributed by atoms with Gasteiger partial charge >= 0.3 is 0 Å². The molecule has 1 N–H and O–H groups in total. The molecule has 0 saturated heterocycles. The van der Waals surface area contributed by atoms with E-state index in [0.29, 0.717) is 12.3 Å². The monoisotopic (exact) mass is 277 g/mol. The van der Waals surface area contributed by atoms with Crippen molar-refractivity contribution < 1.29 is 9.18 Å². The molecule has 2 rings (SSSR count). The van der Waals surface area contributed by atoms with Crippen LogP contribution in [-0.2, 0) is 11.2 Å². The van der Waals surface area contributed by atoms with Gasteiger partial charge in [-0.05, 0) is 55.7 Å². The van der Waals surface area contributed by atoms with E-state index >= 15 is 0 Å². The molecule has 3 heteroatoms. The Morgan fingerprint density at radius 2 is 1.85 bits per heavy atom. The van der Waals surface area contributed by atoms with Crippen LogP contribution in [0, 0.1) is 11.7 Å². The fourth-order valence-corrected chi connectivity index (χ4v) is 2.83. The minimum atomic E-state index is -0.194. The van der Waals surface area contributed by atoms with Gasteiger partial charge in [-0.2, -0.15) is 0 Å². The smallest absolute Gasteiger partial charge is 0.220 e. The maximum Gasteiger partial charge on any atom is 0.220 e. The number of nitrogens with one attached hydrogen (secondary N) is 1. The largest absolute Gasteiger partial charge is 0.356 e. The first-order chi connectivity index (χ1) is 9.74. The molecule has 0 unspecified atom stereocenters. The van der Waals surface area contributed by atoms with E-state index < -0.39 is 0 Å². The van der Waals surface area contributed by atoms with Gasteiger partial charge in [0.05, 0.1) is 0 Å². The molecule has 0 spiro atoms. The second kappa shape index (κ2) is 8.03. The first-order valence-corrected chi connectivity index (χ1v) is 7.75. The predicted octanol–water partition coefficient (Wildman–Crippen LogP) is 3.84. The molecule has 20 heavy (non-hydrogen) atoms. The van der Waals surface area contributed by atoms with Gasteiger partial charge in [0.25, 0.3) is 0 Å². The second-order valence-corrected chi connectivity index (χ2v) is 5.79. The Morgan fingerprint density at radius 1 is 1.15 bits per heavy atom. The van der Waals surface area contributed by atoms with Crippen molar-refractivity contribution in [2.45, 2.75) is 51.4 Å². The molecule has 0 aliphatic heterocycles. The lowest BCUT2D eigenvalue weighted by Gasteiger charge is -2.10. The highest BCUT2D eigenvalue weighted by atomic mass is 19.1. The van der Waals surface area contributed by atoms with Crippen LogP contribution in [0.3, 0.4) is 0 Å². The van der Waals surface area contributed by atoms with Gasteiger partial charge in [-0.1, -0.05) is 25.0 Å². The van der Waals surface area contributed by atoms with Crippen LogP contribution >= 0.6 is 0 Å². The molecule has 0 atom stereocenters. The van der Waals surface area contributed by atoms with E-state index in [2.05, 4.69) is 5.32 Å². The number of rotatable bonds is 7. The van der Waals surface area contributed by atoms with Gasteiger partial charge in [-0.25, -0.2) is 4.39 Å². The SMILES string of the molecule is O=C(CCCCc1ccc(F)cc1)NCC1CCCC1. The number of amides is 1. The van der Waals surface area contributed by atoms with Crippen molar-refractivity contribution in [1.82, 2.24) is 5.32 Å². The Bertz CT molecular complexity index is 410. The number of aryl methyl sites for hydroxylation is 1. The van der Waals surface area contributed by atoms with Crippen LogP contribution in [0.15, 0.2) is 24.3 Å². The quantitative estimate of drug-likeness (QED) is 0.754. The Hall–Kier alpha value is -1.38. The van der Waals surface area contributed by atoms with Gasteiger partial charge in [0.1, 0.15) is 5.82 Å². The molecule has 1 aromatic carbocycles. The predicted molar refractivity (Wildman–Crippen MR) is 78.9 cm³/mol. The van der Waals surface area contributed by atoms with Crippen molar-refractivity contribution >= 4 is 5.91 Å². The molecule has 2 nitrogen and oxygen atoms in total. The van der Waals surface area contributed by atoms with Crippen molar-refractivity contribution in [2.75, 3.05) is 6.54 Å². The number of benzene rings is 1. The third kappa shape index (κ3) is 5.32. The molecule has 1 saturated carbocycles. The standard InChI is InChI=1S/C17H24FNO/c18-16-11-9-14(10-12-16)5-3-4-8-17(20)19-13-15-6-1-2-7-15/h9-12,15H,1-8,13H2,(H,19,20). The van der Waals surface area contributed by atoms with Gasteiger partial charge in [0.2, 0.25) is 5.91 Å². The van der Waals surface area contributed by atoms with E-state index in [1.54, 1.807) is 0 Å². The fraction of sp³-hybridized carbons (Fsp3) is 0.588. The number of hydrogen-bond donors (Lipinski definition) is 1. The summed E-state index contributed by atoms with van der Waals surface area (Å²) in [5, 5.41) is 3.04. The zero-order valence-electron chi connectivity index (χ0n) is 12.0. The van der Waals surface area contributed by atoms with Crippen molar-refractivity contribution in [3.05, 3.63) is 35.6 Å². The summed E-state index contributed by atoms with van der Waals surface area (Å²) in [4.78, 5) is 11.7. The van der Waals surface area contributed by atoms with Crippen LogP contribution in [0.4, 0.5) is 4.39 Å². The summed E-state index contributed by atoms with van der Waals surface area (Å²) in [6, 6.07) is 6.61. The molecule has 1 aliphatic rings. The van der Waals surface area contributed by atoms with Crippen LogP contribution in [-0.4, -0.2) is 12.5 Å². The highest BCUT2D eigenvalue weighted by molar-refractivity contribution is 5.75. The first kappa shape index (κ1) is 15.0. The van der Waals surface area contributed by atoms with E-state index in [1.807, 2.05) is 12.1 Å².